The molecule has 1 saturated carbocycles. The molecule has 0 saturated heterocycles. The molecule has 2 aromatic heterocycles. The fourth-order valence-corrected chi connectivity index (χ4v) is 3.11. The first-order chi connectivity index (χ1) is 12.9. The van der Waals surface area contributed by atoms with Crippen LogP contribution in [0.25, 0.3) is 11.1 Å². The van der Waals surface area contributed by atoms with Gasteiger partial charge in [0.15, 0.2) is 0 Å². The van der Waals surface area contributed by atoms with Crippen LogP contribution in [0.5, 0.6) is 0 Å². The summed E-state index contributed by atoms with van der Waals surface area (Å²) < 4.78 is 18.8. The van der Waals surface area contributed by atoms with Gasteiger partial charge in [-0.1, -0.05) is 12.1 Å². The van der Waals surface area contributed by atoms with Gasteiger partial charge in [0.25, 0.3) is 5.91 Å². The van der Waals surface area contributed by atoms with E-state index in [4.69, 9.17) is 4.42 Å². The molecule has 1 fully saturated rings. The fraction of sp³-hybridized carbons (Fsp3) is 0.350. The van der Waals surface area contributed by atoms with Gasteiger partial charge in [-0.25, -0.2) is 14.4 Å². The lowest BCUT2D eigenvalue weighted by atomic mass is 10.1. The second kappa shape index (κ2) is 6.33. The number of carbonyl (C=O) groups is 1. The van der Waals surface area contributed by atoms with Gasteiger partial charge in [0.2, 0.25) is 5.71 Å². The van der Waals surface area contributed by atoms with Crippen LogP contribution in [0.4, 0.5) is 10.2 Å². The molecule has 7 heteroatoms. The number of aromatic nitrogens is 2. The summed E-state index contributed by atoms with van der Waals surface area (Å²) in [6.45, 7) is 5.70. The van der Waals surface area contributed by atoms with E-state index in [9.17, 15) is 9.18 Å². The van der Waals surface area contributed by atoms with Gasteiger partial charge in [-0.15, -0.1) is 0 Å². The summed E-state index contributed by atoms with van der Waals surface area (Å²) in [4.78, 5) is 21.5. The summed E-state index contributed by atoms with van der Waals surface area (Å²) in [5.74, 6) is 0.506. The molecule has 140 valence electrons. The molecule has 1 unspecified atom stereocenters. The number of nitrogens with one attached hydrogen (secondary N) is 2. The molecule has 4 rings (SSSR count). The molecule has 2 N–H and O–H groups in total. The maximum Gasteiger partial charge on any atom is 0.256 e. The Morgan fingerprint density at radius 3 is 2.63 bits per heavy atom. The van der Waals surface area contributed by atoms with Gasteiger partial charge in [0.05, 0.1) is 17.0 Å². The number of benzene rings is 1. The molecule has 0 spiro atoms. The van der Waals surface area contributed by atoms with E-state index in [1.807, 2.05) is 6.92 Å². The van der Waals surface area contributed by atoms with E-state index in [1.54, 1.807) is 19.1 Å². The van der Waals surface area contributed by atoms with E-state index in [2.05, 4.69) is 27.5 Å². The van der Waals surface area contributed by atoms with Crippen LogP contribution < -0.4 is 10.6 Å². The van der Waals surface area contributed by atoms with Crippen LogP contribution in [-0.4, -0.2) is 21.4 Å². The first-order valence-electron chi connectivity index (χ1n) is 8.95. The zero-order valence-corrected chi connectivity index (χ0v) is 15.5. The number of hydrogen-bond donors (Lipinski definition) is 2. The maximum atomic E-state index is 13.1. The molecular formula is C20H21FN4O2. The molecule has 1 aromatic carbocycles. The highest BCUT2D eigenvalue weighted by atomic mass is 19.1. The fourth-order valence-electron chi connectivity index (χ4n) is 3.11. The van der Waals surface area contributed by atoms with Gasteiger partial charge in [-0.2, -0.15) is 0 Å². The molecule has 0 radical (unpaired) electrons. The third kappa shape index (κ3) is 3.37. The summed E-state index contributed by atoms with van der Waals surface area (Å²) in [5, 5.41) is 6.94. The molecule has 0 aliphatic heterocycles. The van der Waals surface area contributed by atoms with Crippen molar-refractivity contribution in [3.05, 3.63) is 53.3 Å². The lowest BCUT2D eigenvalue weighted by molar-refractivity contribution is 0.0940. The third-order valence-corrected chi connectivity index (χ3v) is 5.03. The van der Waals surface area contributed by atoms with E-state index < -0.39 is 0 Å². The highest BCUT2D eigenvalue weighted by Gasteiger charge is 2.38. The summed E-state index contributed by atoms with van der Waals surface area (Å²) in [6.07, 6.45) is 3.54. The summed E-state index contributed by atoms with van der Waals surface area (Å²) in [5.41, 5.74) is 1.62. The van der Waals surface area contributed by atoms with E-state index in [-0.39, 0.29) is 23.3 Å². The van der Waals surface area contributed by atoms with Crippen LogP contribution >= 0.6 is 0 Å². The monoisotopic (exact) mass is 368 g/mol. The minimum atomic E-state index is -0.310. The quantitative estimate of drug-likeness (QED) is 0.708. The van der Waals surface area contributed by atoms with Crippen LogP contribution in [-0.2, 0) is 0 Å². The molecule has 1 atom stereocenters. The van der Waals surface area contributed by atoms with Crippen molar-refractivity contribution in [3.8, 4) is 0 Å². The SMILES string of the molecule is Cc1oc2ncnc(NC3(C)CC3)c2c1C(=O)NC(C)c1ccc(F)cc1. The number of hydrogen-bond acceptors (Lipinski definition) is 5. The van der Waals surface area contributed by atoms with Crippen molar-refractivity contribution < 1.29 is 13.6 Å². The van der Waals surface area contributed by atoms with Crippen molar-refractivity contribution in [2.45, 2.75) is 45.2 Å². The second-order valence-corrected chi connectivity index (χ2v) is 7.37. The minimum Gasteiger partial charge on any atom is -0.442 e. The second-order valence-electron chi connectivity index (χ2n) is 7.37. The highest BCUT2D eigenvalue weighted by molar-refractivity contribution is 6.10. The molecule has 1 amide bonds. The topological polar surface area (TPSA) is 80.1 Å². The van der Waals surface area contributed by atoms with Gasteiger partial charge in [0, 0.05) is 5.54 Å². The Hall–Kier alpha value is -2.96. The Morgan fingerprint density at radius 1 is 1.26 bits per heavy atom. The number of carbonyl (C=O) groups excluding carboxylic acids is 1. The number of nitrogens with zero attached hydrogens (tertiary/aromatic N) is 2. The van der Waals surface area contributed by atoms with E-state index in [1.165, 1.54) is 18.5 Å². The highest BCUT2D eigenvalue weighted by Crippen LogP contribution is 2.40. The Morgan fingerprint density at radius 2 is 1.96 bits per heavy atom. The third-order valence-electron chi connectivity index (χ3n) is 5.03. The summed E-state index contributed by atoms with van der Waals surface area (Å²) in [6, 6.07) is 5.78. The number of halogens is 1. The molecule has 27 heavy (non-hydrogen) atoms. The van der Waals surface area contributed by atoms with Crippen molar-refractivity contribution in [1.82, 2.24) is 15.3 Å². The van der Waals surface area contributed by atoms with Crippen molar-refractivity contribution >= 4 is 22.8 Å². The number of anilines is 1. The molecule has 2 heterocycles. The molecule has 3 aromatic rings. The normalized spacial score (nSPS) is 16.1. The first kappa shape index (κ1) is 17.5. The number of aryl methyl sites for hydroxylation is 1. The van der Waals surface area contributed by atoms with Crippen LogP contribution in [0.1, 0.15) is 54.4 Å². The number of furan rings is 1. The average Bonchev–Trinajstić information content (AvgIpc) is 3.23. The summed E-state index contributed by atoms with van der Waals surface area (Å²) in [7, 11) is 0. The van der Waals surface area contributed by atoms with E-state index in [0.29, 0.717) is 28.2 Å². The number of rotatable bonds is 5. The lowest BCUT2D eigenvalue weighted by Gasteiger charge is -2.16. The standard InChI is InChI=1S/C20H21FN4O2/c1-11(13-4-6-14(21)7-5-13)24-18(26)15-12(2)27-19-16(15)17(22-10-23-19)25-20(3)8-9-20/h4-7,10-11H,8-9H2,1-3H3,(H,24,26)(H,22,23,25). The van der Waals surface area contributed by atoms with Gasteiger partial charge in [-0.3, -0.25) is 4.79 Å². The molecule has 1 aliphatic carbocycles. The first-order valence-corrected chi connectivity index (χ1v) is 8.95. The number of amides is 1. The Kier molecular flexibility index (Phi) is 4.09. The van der Waals surface area contributed by atoms with Crippen molar-refractivity contribution in [3.63, 3.8) is 0 Å². The van der Waals surface area contributed by atoms with Crippen LogP contribution in [0, 0.1) is 12.7 Å². The van der Waals surface area contributed by atoms with Crippen LogP contribution in [0.15, 0.2) is 35.0 Å². The van der Waals surface area contributed by atoms with E-state index in [0.717, 1.165) is 18.4 Å². The van der Waals surface area contributed by atoms with Crippen molar-refractivity contribution in [2.24, 2.45) is 0 Å². The largest absolute Gasteiger partial charge is 0.442 e. The Labute approximate surface area is 156 Å². The number of fused-ring (bicyclic) bond motifs is 1. The maximum absolute atomic E-state index is 13.1. The van der Waals surface area contributed by atoms with Crippen LogP contribution in [0.2, 0.25) is 0 Å². The van der Waals surface area contributed by atoms with Crippen molar-refractivity contribution in [1.29, 1.82) is 0 Å². The lowest BCUT2D eigenvalue weighted by Crippen LogP contribution is -2.27. The van der Waals surface area contributed by atoms with Crippen molar-refractivity contribution in [2.75, 3.05) is 5.32 Å². The Bertz CT molecular complexity index is 1010. The van der Waals surface area contributed by atoms with Gasteiger partial charge in [0.1, 0.15) is 23.7 Å². The molecule has 0 bridgehead atoms. The van der Waals surface area contributed by atoms with Gasteiger partial charge >= 0.3 is 0 Å². The Balaban J connectivity index is 1.66. The zero-order chi connectivity index (χ0) is 19.2. The van der Waals surface area contributed by atoms with Gasteiger partial charge in [-0.05, 0) is 51.3 Å². The van der Waals surface area contributed by atoms with Gasteiger partial charge < -0.3 is 15.1 Å². The smallest absolute Gasteiger partial charge is 0.256 e. The molecule has 6 nitrogen and oxygen atoms in total. The average molecular weight is 368 g/mol. The van der Waals surface area contributed by atoms with E-state index >= 15 is 0 Å². The molecule has 1 aliphatic rings. The predicted octanol–water partition coefficient (Wildman–Crippen LogP) is 4.13. The summed E-state index contributed by atoms with van der Waals surface area (Å²) >= 11 is 0. The zero-order valence-electron chi connectivity index (χ0n) is 15.5. The predicted molar refractivity (Wildman–Crippen MR) is 100 cm³/mol. The van der Waals surface area contributed by atoms with Crippen LogP contribution in [0.3, 0.4) is 0 Å². The molecular weight excluding hydrogens is 347 g/mol. The minimum absolute atomic E-state index is 0.00159.